The zero-order valence-corrected chi connectivity index (χ0v) is 10.0. The van der Waals surface area contributed by atoms with Crippen molar-refractivity contribution in [3.63, 3.8) is 0 Å². The molecule has 0 saturated heterocycles. The van der Waals surface area contributed by atoms with Gasteiger partial charge in [0.2, 0.25) is 0 Å². The van der Waals surface area contributed by atoms with E-state index < -0.39 is 0 Å². The maximum absolute atomic E-state index is 11.6. The van der Waals surface area contributed by atoms with Gasteiger partial charge in [0.15, 0.2) is 0 Å². The van der Waals surface area contributed by atoms with E-state index in [0.717, 1.165) is 16.5 Å². The molecule has 0 spiro atoms. The Balaban J connectivity index is 2.80. The number of halogens is 1. The summed E-state index contributed by atoms with van der Waals surface area (Å²) in [6, 6.07) is 5.84. The van der Waals surface area contributed by atoms with Crippen molar-refractivity contribution in [1.82, 2.24) is 5.32 Å². The second-order valence-electron chi connectivity index (χ2n) is 3.26. The lowest BCUT2D eigenvalue weighted by Crippen LogP contribution is -2.25. The van der Waals surface area contributed by atoms with Gasteiger partial charge in [-0.2, -0.15) is 0 Å². The molecule has 14 heavy (non-hydrogen) atoms. The average Bonchev–Trinajstić information content (AvgIpc) is 2.14. The molecule has 0 aliphatic heterocycles. The summed E-state index contributed by atoms with van der Waals surface area (Å²) >= 11 is 3.27. The third-order valence-corrected chi connectivity index (χ3v) is 2.40. The fourth-order valence-electron chi connectivity index (χ4n) is 1.32. The highest BCUT2D eigenvalue weighted by molar-refractivity contribution is 9.09. The van der Waals surface area contributed by atoms with Crippen molar-refractivity contribution in [3.8, 4) is 0 Å². The molecule has 0 aromatic heterocycles. The number of hydrogen-bond acceptors (Lipinski definition) is 1. The van der Waals surface area contributed by atoms with E-state index in [0.29, 0.717) is 6.54 Å². The summed E-state index contributed by atoms with van der Waals surface area (Å²) < 4.78 is 0. The van der Waals surface area contributed by atoms with E-state index >= 15 is 0 Å². The molecular formula is C11H14BrNO. The summed E-state index contributed by atoms with van der Waals surface area (Å²) in [5.74, 6) is 0.00181. The second kappa shape index (κ2) is 5.15. The zero-order chi connectivity index (χ0) is 10.6. The number of hydrogen-bond donors (Lipinski definition) is 1. The van der Waals surface area contributed by atoms with Crippen LogP contribution in [0, 0.1) is 13.8 Å². The molecule has 0 bridgehead atoms. The highest BCUT2D eigenvalue weighted by atomic mass is 79.9. The van der Waals surface area contributed by atoms with Gasteiger partial charge >= 0.3 is 0 Å². The van der Waals surface area contributed by atoms with Crippen LogP contribution in [0.2, 0.25) is 0 Å². The topological polar surface area (TPSA) is 29.1 Å². The quantitative estimate of drug-likeness (QED) is 0.827. The summed E-state index contributed by atoms with van der Waals surface area (Å²) in [7, 11) is 0. The summed E-state index contributed by atoms with van der Waals surface area (Å²) in [6.45, 7) is 4.63. The summed E-state index contributed by atoms with van der Waals surface area (Å²) in [5, 5.41) is 3.60. The van der Waals surface area contributed by atoms with Crippen LogP contribution in [-0.2, 0) is 0 Å². The molecule has 1 N–H and O–H groups in total. The Hall–Kier alpha value is -0.830. The molecule has 1 amide bonds. The molecule has 0 radical (unpaired) electrons. The number of carbonyl (C=O) groups is 1. The van der Waals surface area contributed by atoms with E-state index in [1.807, 2.05) is 32.0 Å². The molecule has 76 valence electrons. The van der Waals surface area contributed by atoms with Crippen molar-refractivity contribution in [2.24, 2.45) is 0 Å². The van der Waals surface area contributed by atoms with Gasteiger partial charge in [-0.15, -0.1) is 0 Å². The Kier molecular flexibility index (Phi) is 4.14. The van der Waals surface area contributed by atoms with Crippen molar-refractivity contribution in [2.45, 2.75) is 13.8 Å². The lowest BCUT2D eigenvalue weighted by atomic mass is 10.1. The predicted octanol–water partition coefficient (Wildman–Crippen LogP) is 2.43. The standard InChI is InChI=1S/C11H14BrNO/c1-8-3-4-10(9(2)7-8)11(14)13-6-5-12/h3-4,7H,5-6H2,1-2H3,(H,13,14). The summed E-state index contributed by atoms with van der Waals surface area (Å²) in [4.78, 5) is 11.6. The van der Waals surface area contributed by atoms with E-state index in [4.69, 9.17) is 0 Å². The van der Waals surface area contributed by atoms with E-state index in [9.17, 15) is 4.79 Å². The van der Waals surface area contributed by atoms with Crippen LogP contribution in [0.3, 0.4) is 0 Å². The van der Waals surface area contributed by atoms with Gasteiger partial charge in [0, 0.05) is 17.4 Å². The highest BCUT2D eigenvalue weighted by Crippen LogP contribution is 2.09. The predicted molar refractivity (Wildman–Crippen MR) is 62.0 cm³/mol. The van der Waals surface area contributed by atoms with Gasteiger partial charge in [0.05, 0.1) is 0 Å². The third-order valence-electron chi connectivity index (χ3n) is 2.01. The number of alkyl halides is 1. The molecule has 0 heterocycles. The molecule has 1 rings (SSSR count). The molecule has 1 aromatic carbocycles. The lowest BCUT2D eigenvalue weighted by Gasteiger charge is -2.06. The van der Waals surface area contributed by atoms with Gasteiger partial charge < -0.3 is 5.32 Å². The van der Waals surface area contributed by atoms with Crippen molar-refractivity contribution in [3.05, 3.63) is 34.9 Å². The molecular weight excluding hydrogens is 242 g/mol. The first-order valence-corrected chi connectivity index (χ1v) is 5.68. The highest BCUT2D eigenvalue weighted by Gasteiger charge is 2.07. The molecule has 0 saturated carbocycles. The number of nitrogens with one attached hydrogen (secondary N) is 1. The first-order chi connectivity index (χ1) is 6.65. The van der Waals surface area contributed by atoms with E-state index in [1.165, 1.54) is 5.56 Å². The van der Waals surface area contributed by atoms with Gasteiger partial charge in [-0.05, 0) is 25.5 Å². The third kappa shape index (κ3) is 2.84. The van der Waals surface area contributed by atoms with E-state index in [2.05, 4.69) is 21.2 Å². The fraction of sp³-hybridized carbons (Fsp3) is 0.364. The molecule has 0 unspecified atom stereocenters. The number of rotatable bonds is 3. The van der Waals surface area contributed by atoms with Crippen LogP contribution in [0.4, 0.5) is 0 Å². The van der Waals surface area contributed by atoms with E-state index in [1.54, 1.807) is 0 Å². The Morgan fingerprint density at radius 2 is 2.14 bits per heavy atom. The van der Waals surface area contributed by atoms with Gasteiger partial charge in [-0.25, -0.2) is 0 Å². The molecule has 0 aliphatic carbocycles. The molecule has 0 atom stereocenters. The normalized spacial score (nSPS) is 9.93. The van der Waals surface area contributed by atoms with Gasteiger partial charge in [-0.1, -0.05) is 33.6 Å². The molecule has 1 aromatic rings. The maximum Gasteiger partial charge on any atom is 0.251 e. The minimum atomic E-state index is 0.00181. The zero-order valence-electron chi connectivity index (χ0n) is 8.43. The lowest BCUT2D eigenvalue weighted by molar-refractivity contribution is 0.0955. The van der Waals surface area contributed by atoms with E-state index in [-0.39, 0.29) is 5.91 Å². The van der Waals surface area contributed by atoms with Gasteiger partial charge in [-0.3, -0.25) is 4.79 Å². The van der Waals surface area contributed by atoms with Crippen molar-refractivity contribution >= 4 is 21.8 Å². The van der Waals surface area contributed by atoms with Crippen LogP contribution in [0.5, 0.6) is 0 Å². The molecule has 0 aliphatic rings. The molecule has 0 fully saturated rings. The van der Waals surface area contributed by atoms with Gasteiger partial charge in [0.1, 0.15) is 0 Å². The van der Waals surface area contributed by atoms with Crippen LogP contribution >= 0.6 is 15.9 Å². The Morgan fingerprint density at radius 3 is 2.71 bits per heavy atom. The van der Waals surface area contributed by atoms with Crippen molar-refractivity contribution < 1.29 is 4.79 Å². The number of benzene rings is 1. The van der Waals surface area contributed by atoms with Crippen LogP contribution in [-0.4, -0.2) is 17.8 Å². The fourth-order valence-corrected chi connectivity index (χ4v) is 1.52. The van der Waals surface area contributed by atoms with Crippen LogP contribution in [0.25, 0.3) is 0 Å². The minimum absolute atomic E-state index is 0.00181. The Labute approximate surface area is 92.8 Å². The summed E-state index contributed by atoms with van der Waals surface area (Å²) in [5.41, 5.74) is 2.97. The maximum atomic E-state index is 11.6. The molecule has 3 heteroatoms. The monoisotopic (exact) mass is 255 g/mol. The first kappa shape index (κ1) is 11.2. The second-order valence-corrected chi connectivity index (χ2v) is 4.06. The van der Waals surface area contributed by atoms with Crippen LogP contribution in [0.1, 0.15) is 21.5 Å². The number of carbonyl (C=O) groups excluding carboxylic acids is 1. The first-order valence-electron chi connectivity index (χ1n) is 4.56. The largest absolute Gasteiger partial charge is 0.351 e. The number of aryl methyl sites for hydroxylation is 2. The van der Waals surface area contributed by atoms with Gasteiger partial charge in [0.25, 0.3) is 5.91 Å². The summed E-state index contributed by atoms with van der Waals surface area (Å²) in [6.07, 6.45) is 0. The smallest absolute Gasteiger partial charge is 0.251 e. The Morgan fingerprint density at radius 1 is 1.43 bits per heavy atom. The average molecular weight is 256 g/mol. The van der Waals surface area contributed by atoms with Crippen LogP contribution < -0.4 is 5.32 Å². The molecule has 2 nitrogen and oxygen atoms in total. The van der Waals surface area contributed by atoms with Crippen molar-refractivity contribution in [1.29, 1.82) is 0 Å². The SMILES string of the molecule is Cc1ccc(C(=O)NCCBr)c(C)c1. The number of amides is 1. The Bertz CT molecular complexity index is 336. The van der Waals surface area contributed by atoms with Crippen LogP contribution in [0.15, 0.2) is 18.2 Å². The van der Waals surface area contributed by atoms with Crippen molar-refractivity contribution in [2.75, 3.05) is 11.9 Å². The minimum Gasteiger partial charge on any atom is -0.351 e.